The molecule has 0 radical (unpaired) electrons. The average Bonchev–Trinajstić information content (AvgIpc) is 3.38. The first kappa shape index (κ1) is 25.4. The normalized spacial score (nSPS) is 17.1. The van der Waals surface area contributed by atoms with Gasteiger partial charge in [-0.15, -0.1) is 23.1 Å². The number of aromatic nitrogens is 1. The summed E-state index contributed by atoms with van der Waals surface area (Å²) in [5.41, 5.74) is -1.58. The molecule has 34 heavy (non-hydrogen) atoms. The summed E-state index contributed by atoms with van der Waals surface area (Å²) in [5, 5.41) is 21.9. The van der Waals surface area contributed by atoms with Crippen molar-refractivity contribution in [1.29, 1.82) is 10.5 Å². The molecule has 1 aliphatic rings. The molecule has 0 spiro atoms. The Bertz CT molecular complexity index is 1190. The van der Waals surface area contributed by atoms with Crippen molar-refractivity contribution in [2.75, 3.05) is 13.1 Å². The molecule has 2 aromatic rings. The number of hydrogen-bond donors (Lipinski definition) is 1. The van der Waals surface area contributed by atoms with Gasteiger partial charge in [0.2, 0.25) is 5.91 Å². The maximum atomic E-state index is 13.5. The van der Waals surface area contributed by atoms with E-state index in [0.29, 0.717) is 5.01 Å². The lowest BCUT2D eigenvalue weighted by Crippen LogP contribution is -2.43. The first-order chi connectivity index (χ1) is 15.9. The number of thioether (sulfide) groups is 1. The fourth-order valence-electron chi connectivity index (χ4n) is 3.11. The van der Waals surface area contributed by atoms with Gasteiger partial charge in [0.25, 0.3) is 11.8 Å². The molecule has 0 bridgehead atoms. The van der Waals surface area contributed by atoms with E-state index in [1.54, 1.807) is 6.07 Å². The summed E-state index contributed by atoms with van der Waals surface area (Å²) < 4.78 is 66.2. The zero-order valence-electron chi connectivity index (χ0n) is 17.0. The van der Waals surface area contributed by atoms with Crippen LogP contribution in [0.4, 0.5) is 22.0 Å². The monoisotopic (exact) mass is 515 g/mol. The van der Waals surface area contributed by atoms with Crippen molar-refractivity contribution >= 4 is 34.9 Å². The molecule has 1 aromatic carbocycles. The van der Waals surface area contributed by atoms with Crippen LogP contribution < -0.4 is 5.32 Å². The number of alkyl halides is 5. The molecule has 1 aromatic heterocycles. The number of carbonyl (C=O) groups is 2. The second-order valence-corrected chi connectivity index (χ2v) is 9.13. The van der Waals surface area contributed by atoms with Crippen LogP contribution >= 0.6 is 23.1 Å². The average molecular weight is 515 g/mol. The smallest absolute Gasteiger partial charge is 0.342 e. The molecule has 1 aliphatic heterocycles. The highest BCUT2D eigenvalue weighted by Crippen LogP contribution is 2.35. The minimum Gasteiger partial charge on any atom is -0.342 e. The van der Waals surface area contributed by atoms with Crippen LogP contribution in [0.15, 0.2) is 28.5 Å². The molecule has 2 heterocycles. The Labute approximate surface area is 198 Å². The van der Waals surface area contributed by atoms with E-state index in [2.05, 4.69) is 10.3 Å². The van der Waals surface area contributed by atoms with Gasteiger partial charge in [-0.2, -0.15) is 23.7 Å². The van der Waals surface area contributed by atoms with Crippen LogP contribution in [0.2, 0.25) is 0 Å². The van der Waals surface area contributed by atoms with Gasteiger partial charge in [-0.3, -0.25) is 9.59 Å². The lowest BCUT2D eigenvalue weighted by atomic mass is 10.1. The van der Waals surface area contributed by atoms with Crippen molar-refractivity contribution in [3.05, 3.63) is 45.4 Å². The Kier molecular flexibility index (Phi) is 7.43. The Morgan fingerprint density at radius 1 is 1.32 bits per heavy atom. The third-order valence-electron chi connectivity index (χ3n) is 4.70. The molecule has 1 N–H and O–H groups in total. The summed E-state index contributed by atoms with van der Waals surface area (Å²) in [6.45, 7) is -1.50. The predicted molar refractivity (Wildman–Crippen MR) is 111 cm³/mol. The second kappa shape index (κ2) is 9.95. The highest BCUT2D eigenvalue weighted by Gasteiger charge is 2.47. The topological polar surface area (TPSA) is 110 Å². The highest BCUT2D eigenvalue weighted by molar-refractivity contribution is 7.98. The number of carbonyl (C=O) groups excluding carboxylic acids is 2. The quantitative estimate of drug-likeness (QED) is 0.463. The molecule has 14 heteroatoms. The summed E-state index contributed by atoms with van der Waals surface area (Å²) in [5.74, 6) is -4.59. The molecule has 3 rings (SSSR count). The van der Waals surface area contributed by atoms with Crippen LogP contribution in [0.25, 0.3) is 0 Å². The molecule has 2 amide bonds. The van der Waals surface area contributed by atoms with Crippen LogP contribution in [-0.2, 0) is 16.7 Å². The van der Waals surface area contributed by atoms with E-state index >= 15 is 0 Å². The molecule has 1 saturated heterocycles. The molecule has 1 fully saturated rings. The summed E-state index contributed by atoms with van der Waals surface area (Å²) in [6, 6.07) is 5.19. The lowest BCUT2D eigenvalue weighted by Gasteiger charge is -2.19. The summed E-state index contributed by atoms with van der Waals surface area (Å²) in [6.07, 6.45) is -5.44. The van der Waals surface area contributed by atoms with Gasteiger partial charge in [0.1, 0.15) is 16.7 Å². The van der Waals surface area contributed by atoms with E-state index in [1.807, 2.05) is 0 Å². The first-order valence-corrected chi connectivity index (χ1v) is 11.3. The molecule has 0 unspecified atom stereocenters. The van der Waals surface area contributed by atoms with E-state index in [1.165, 1.54) is 17.5 Å². The highest BCUT2D eigenvalue weighted by atomic mass is 32.2. The maximum absolute atomic E-state index is 13.5. The second-order valence-electron chi connectivity index (χ2n) is 7.14. The van der Waals surface area contributed by atoms with Gasteiger partial charge in [0, 0.05) is 16.7 Å². The largest absolute Gasteiger partial charge is 0.417 e. The summed E-state index contributed by atoms with van der Waals surface area (Å²) >= 11 is 2.10. The molecule has 7 nitrogen and oxygen atoms in total. The lowest BCUT2D eigenvalue weighted by molar-refractivity contribution is -0.138. The Morgan fingerprint density at radius 2 is 2.06 bits per heavy atom. The van der Waals surface area contributed by atoms with Crippen molar-refractivity contribution in [2.45, 2.75) is 35.2 Å². The van der Waals surface area contributed by atoms with E-state index in [0.717, 1.165) is 40.1 Å². The van der Waals surface area contributed by atoms with Gasteiger partial charge >= 0.3 is 6.18 Å². The first-order valence-electron chi connectivity index (χ1n) is 9.47. The van der Waals surface area contributed by atoms with Gasteiger partial charge in [-0.1, -0.05) is 0 Å². The van der Waals surface area contributed by atoms with E-state index in [9.17, 15) is 31.5 Å². The number of nitriles is 2. The van der Waals surface area contributed by atoms with E-state index in [-0.39, 0.29) is 16.3 Å². The van der Waals surface area contributed by atoms with Crippen LogP contribution in [0, 0.1) is 22.7 Å². The minimum absolute atomic E-state index is 0.0483. The number of nitrogens with zero attached hydrogens (tertiary/aromatic N) is 4. The molecule has 178 valence electrons. The third-order valence-corrected chi connectivity index (χ3v) is 6.74. The van der Waals surface area contributed by atoms with Crippen LogP contribution in [-0.4, -0.2) is 46.8 Å². The summed E-state index contributed by atoms with van der Waals surface area (Å²) in [4.78, 5) is 29.4. The SMILES string of the molecule is N#Cc1ccc(SCc2nc(C(=O)NCC(=O)N3CC(F)(F)C[C@H]3C#N)cs2)cc1C(F)(F)F. The Morgan fingerprint density at radius 3 is 2.71 bits per heavy atom. The number of amides is 2. The van der Waals surface area contributed by atoms with E-state index < -0.39 is 60.6 Å². The van der Waals surface area contributed by atoms with Crippen LogP contribution in [0.3, 0.4) is 0 Å². The third kappa shape index (κ3) is 6.01. The Balaban J connectivity index is 1.56. The number of thiazole rings is 1. The maximum Gasteiger partial charge on any atom is 0.417 e. The number of hydrogen-bond acceptors (Lipinski definition) is 7. The van der Waals surface area contributed by atoms with Crippen molar-refractivity contribution < 1.29 is 31.5 Å². The van der Waals surface area contributed by atoms with Gasteiger partial charge in [0.15, 0.2) is 0 Å². The van der Waals surface area contributed by atoms with Crippen molar-refractivity contribution in [3.8, 4) is 12.1 Å². The van der Waals surface area contributed by atoms with Crippen molar-refractivity contribution in [3.63, 3.8) is 0 Å². The predicted octanol–water partition coefficient (Wildman–Crippen LogP) is 3.82. The van der Waals surface area contributed by atoms with Crippen LogP contribution in [0.5, 0.6) is 0 Å². The van der Waals surface area contributed by atoms with Gasteiger partial charge in [-0.05, 0) is 18.2 Å². The standard InChI is InChI=1S/C20H14F5N5O2S2/c21-19(22)4-12(6-27)30(10-19)17(31)7-28-18(32)15-8-34-16(29-15)9-33-13-2-1-11(5-26)14(3-13)20(23,24)25/h1-3,8,12H,4,7,9-10H2,(H,28,32)/t12-/m0/s1. The van der Waals surface area contributed by atoms with Gasteiger partial charge in [-0.25, -0.2) is 13.8 Å². The number of benzene rings is 1. The number of halogens is 5. The summed E-state index contributed by atoms with van der Waals surface area (Å²) in [7, 11) is 0. The minimum atomic E-state index is -4.68. The molecular formula is C20H14F5N5O2S2. The molecule has 1 atom stereocenters. The number of nitrogens with one attached hydrogen (secondary N) is 1. The zero-order valence-corrected chi connectivity index (χ0v) is 18.7. The number of likely N-dealkylation sites (tertiary alicyclic amines) is 1. The van der Waals surface area contributed by atoms with Gasteiger partial charge < -0.3 is 10.2 Å². The molecular weight excluding hydrogens is 501 g/mol. The zero-order chi connectivity index (χ0) is 25.1. The van der Waals surface area contributed by atoms with Crippen molar-refractivity contribution in [2.24, 2.45) is 0 Å². The Hall–Kier alpha value is -3.23. The van der Waals surface area contributed by atoms with Crippen molar-refractivity contribution in [1.82, 2.24) is 15.2 Å². The molecule has 0 aliphatic carbocycles. The van der Waals surface area contributed by atoms with Crippen LogP contribution in [0.1, 0.15) is 33.0 Å². The molecule has 0 saturated carbocycles. The fraction of sp³-hybridized carbons (Fsp3) is 0.350. The number of rotatable bonds is 6. The fourth-order valence-corrected chi connectivity index (χ4v) is 4.84. The van der Waals surface area contributed by atoms with Gasteiger partial charge in [0.05, 0.1) is 42.1 Å². The van der Waals surface area contributed by atoms with E-state index in [4.69, 9.17) is 10.5 Å².